The van der Waals surface area contributed by atoms with Gasteiger partial charge < -0.3 is 15.0 Å². The van der Waals surface area contributed by atoms with E-state index in [1.54, 1.807) is 6.08 Å². The first kappa shape index (κ1) is 15.5. The average molecular weight is 283 g/mol. The maximum absolute atomic E-state index is 12.4. The van der Waals surface area contributed by atoms with Gasteiger partial charge in [0.2, 0.25) is 0 Å². The van der Waals surface area contributed by atoms with Gasteiger partial charge in [-0.15, -0.1) is 12.4 Å². The minimum absolute atomic E-state index is 0. The molecule has 1 aromatic carbocycles. The van der Waals surface area contributed by atoms with Crippen LogP contribution in [0.25, 0.3) is 0 Å². The molecule has 0 unspecified atom stereocenters. The molecule has 2 rings (SSSR count). The van der Waals surface area contributed by atoms with E-state index in [0.29, 0.717) is 17.9 Å². The fraction of sp³-hybridized carbons (Fsp3) is 0.357. The number of carbonyl (C=O) groups excluding carboxylic acids is 1. The summed E-state index contributed by atoms with van der Waals surface area (Å²) in [6.07, 6.45) is 1.67. The van der Waals surface area contributed by atoms with Gasteiger partial charge in [0.15, 0.2) is 0 Å². The Kier molecular flexibility index (Phi) is 6.39. The largest absolute Gasteiger partial charge is 0.489 e. The molecule has 1 amide bonds. The quantitative estimate of drug-likeness (QED) is 0.855. The molecule has 0 saturated carbocycles. The molecule has 1 aromatic rings. The van der Waals surface area contributed by atoms with Gasteiger partial charge in [-0.1, -0.05) is 24.8 Å². The van der Waals surface area contributed by atoms with Crippen molar-refractivity contribution in [2.45, 2.75) is 0 Å². The summed E-state index contributed by atoms with van der Waals surface area (Å²) in [6, 6.07) is 7.35. The first-order valence-corrected chi connectivity index (χ1v) is 6.15. The molecule has 1 aliphatic rings. The number of rotatable bonds is 4. The van der Waals surface area contributed by atoms with Gasteiger partial charge in [0.1, 0.15) is 12.4 Å². The third-order valence-electron chi connectivity index (χ3n) is 2.88. The third kappa shape index (κ3) is 3.98. The van der Waals surface area contributed by atoms with E-state index >= 15 is 0 Å². The highest BCUT2D eigenvalue weighted by atomic mass is 35.5. The summed E-state index contributed by atoms with van der Waals surface area (Å²) >= 11 is 0. The van der Waals surface area contributed by atoms with E-state index in [-0.39, 0.29) is 18.3 Å². The summed E-state index contributed by atoms with van der Waals surface area (Å²) in [7, 11) is 0. The topological polar surface area (TPSA) is 41.6 Å². The maximum Gasteiger partial charge on any atom is 0.257 e. The van der Waals surface area contributed by atoms with Crippen molar-refractivity contribution in [3.63, 3.8) is 0 Å². The van der Waals surface area contributed by atoms with Crippen molar-refractivity contribution in [1.82, 2.24) is 10.2 Å². The van der Waals surface area contributed by atoms with E-state index < -0.39 is 0 Å². The van der Waals surface area contributed by atoms with Crippen molar-refractivity contribution in [2.24, 2.45) is 0 Å². The number of carbonyl (C=O) groups is 1. The number of nitrogens with one attached hydrogen (secondary N) is 1. The van der Waals surface area contributed by atoms with Crippen LogP contribution in [0, 0.1) is 0 Å². The van der Waals surface area contributed by atoms with E-state index in [2.05, 4.69) is 11.9 Å². The Morgan fingerprint density at radius 1 is 1.37 bits per heavy atom. The fourth-order valence-corrected chi connectivity index (χ4v) is 1.96. The first-order chi connectivity index (χ1) is 8.83. The molecule has 0 aromatic heterocycles. The molecule has 1 saturated heterocycles. The number of amides is 1. The van der Waals surface area contributed by atoms with Gasteiger partial charge >= 0.3 is 0 Å². The summed E-state index contributed by atoms with van der Waals surface area (Å²) in [5.74, 6) is 0.664. The minimum atomic E-state index is 0. The smallest absolute Gasteiger partial charge is 0.257 e. The predicted molar refractivity (Wildman–Crippen MR) is 78.2 cm³/mol. The van der Waals surface area contributed by atoms with E-state index in [1.807, 2.05) is 29.2 Å². The molecular formula is C14H19ClN2O2. The molecule has 0 aliphatic carbocycles. The summed E-state index contributed by atoms with van der Waals surface area (Å²) in [4.78, 5) is 14.2. The Morgan fingerprint density at radius 3 is 2.74 bits per heavy atom. The van der Waals surface area contributed by atoms with Gasteiger partial charge in [-0.3, -0.25) is 4.79 Å². The van der Waals surface area contributed by atoms with Gasteiger partial charge in [0, 0.05) is 26.2 Å². The zero-order valence-corrected chi connectivity index (χ0v) is 11.6. The Hall–Kier alpha value is -1.52. The van der Waals surface area contributed by atoms with Crippen LogP contribution in [-0.4, -0.2) is 43.6 Å². The lowest BCUT2D eigenvalue weighted by molar-refractivity contribution is 0.0732. The van der Waals surface area contributed by atoms with Crippen LogP contribution in [0.5, 0.6) is 5.75 Å². The highest BCUT2D eigenvalue weighted by Gasteiger charge is 2.20. The zero-order valence-electron chi connectivity index (χ0n) is 10.8. The minimum Gasteiger partial charge on any atom is -0.489 e. The number of para-hydroxylation sites is 1. The normalized spacial score (nSPS) is 14.4. The Balaban J connectivity index is 0.00000180. The number of hydrogen-bond acceptors (Lipinski definition) is 3. The lowest BCUT2D eigenvalue weighted by Crippen LogP contribution is -2.46. The van der Waals surface area contributed by atoms with Crippen molar-refractivity contribution in [2.75, 3.05) is 32.8 Å². The average Bonchev–Trinajstić information content (AvgIpc) is 2.45. The van der Waals surface area contributed by atoms with E-state index in [0.717, 1.165) is 26.2 Å². The van der Waals surface area contributed by atoms with E-state index in [9.17, 15) is 4.79 Å². The van der Waals surface area contributed by atoms with Crippen LogP contribution in [0.1, 0.15) is 10.4 Å². The second kappa shape index (κ2) is 7.81. The van der Waals surface area contributed by atoms with Crippen LogP contribution in [0.15, 0.2) is 36.9 Å². The molecule has 104 valence electrons. The van der Waals surface area contributed by atoms with Gasteiger partial charge in [0.25, 0.3) is 5.91 Å². The van der Waals surface area contributed by atoms with Gasteiger partial charge in [-0.2, -0.15) is 0 Å². The Bertz CT molecular complexity index is 431. The number of piperazine rings is 1. The number of ether oxygens (including phenoxy) is 1. The molecule has 5 heteroatoms. The number of hydrogen-bond donors (Lipinski definition) is 1. The summed E-state index contributed by atoms with van der Waals surface area (Å²) in [6.45, 7) is 7.21. The molecule has 0 atom stereocenters. The molecule has 1 aliphatic heterocycles. The molecule has 19 heavy (non-hydrogen) atoms. The highest BCUT2D eigenvalue weighted by molar-refractivity contribution is 5.97. The second-order valence-electron chi connectivity index (χ2n) is 4.14. The SMILES string of the molecule is C=CCOc1ccccc1C(=O)N1CCNCC1.Cl. The van der Waals surface area contributed by atoms with Crippen LogP contribution in [0.2, 0.25) is 0 Å². The molecule has 0 bridgehead atoms. The van der Waals surface area contributed by atoms with Crippen LogP contribution < -0.4 is 10.1 Å². The van der Waals surface area contributed by atoms with Crippen LogP contribution in [0.4, 0.5) is 0 Å². The zero-order chi connectivity index (χ0) is 12.8. The molecule has 1 fully saturated rings. The standard InChI is InChI=1S/C14H18N2O2.ClH/c1-2-11-18-13-6-4-3-5-12(13)14(17)16-9-7-15-8-10-16;/h2-6,15H,1,7-11H2;1H. The molecule has 0 spiro atoms. The summed E-state index contributed by atoms with van der Waals surface area (Å²) in [5, 5.41) is 3.23. The molecule has 1 N–H and O–H groups in total. The summed E-state index contributed by atoms with van der Waals surface area (Å²) in [5.41, 5.74) is 0.626. The highest BCUT2D eigenvalue weighted by Crippen LogP contribution is 2.20. The van der Waals surface area contributed by atoms with Crippen molar-refractivity contribution < 1.29 is 9.53 Å². The van der Waals surface area contributed by atoms with Crippen LogP contribution >= 0.6 is 12.4 Å². The van der Waals surface area contributed by atoms with Crippen molar-refractivity contribution in [3.05, 3.63) is 42.5 Å². The van der Waals surface area contributed by atoms with E-state index in [4.69, 9.17) is 4.74 Å². The van der Waals surface area contributed by atoms with Gasteiger partial charge in [-0.05, 0) is 12.1 Å². The third-order valence-corrected chi connectivity index (χ3v) is 2.88. The summed E-state index contributed by atoms with van der Waals surface area (Å²) < 4.78 is 5.52. The van der Waals surface area contributed by atoms with Gasteiger partial charge in [0.05, 0.1) is 5.56 Å². The van der Waals surface area contributed by atoms with Crippen molar-refractivity contribution >= 4 is 18.3 Å². The lowest BCUT2D eigenvalue weighted by Gasteiger charge is -2.28. The lowest BCUT2D eigenvalue weighted by atomic mass is 10.1. The number of halogens is 1. The first-order valence-electron chi connectivity index (χ1n) is 6.15. The van der Waals surface area contributed by atoms with Crippen LogP contribution in [-0.2, 0) is 0 Å². The maximum atomic E-state index is 12.4. The Morgan fingerprint density at radius 2 is 2.05 bits per heavy atom. The molecule has 0 radical (unpaired) electrons. The van der Waals surface area contributed by atoms with Crippen molar-refractivity contribution in [1.29, 1.82) is 0 Å². The second-order valence-corrected chi connectivity index (χ2v) is 4.14. The van der Waals surface area contributed by atoms with Gasteiger partial charge in [-0.25, -0.2) is 0 Å². The molecule has 4 nitrogen and oxygen atoms in total. The molecular weight excluding hydrogens is 264 g/mol. The van der Waals surface area contributed by atoms with E-state index in [1.165, 1.54) is 0 Å². The fourth-order valence-electron chi connectivity index (χ4n) is 1.96. The van der Waals surface area contributed by atoms with Crippen molar-refractivity contribution in [3.8, 4) is 5.75 Å². The van der Waals surface area contributed by atoms with Crippen LogP contribution in [0.3, 0.4) is 0 Å². The molecule has 1 heterocycles. The number of benzene rings is 1. The number of nitrogens with zero attached hydrogens (tertiary/aromatic N) is 1. The monoisotopic (exact) mass is 282 g/mol. The Labute approximate surface area is 119 Å². The predicted octanol–water partition coefficient (Wildman–Crippen LogP) is 1.72.